The quantitative estimate of drug-likeness (QED) is 0.513. The van der Waals surface area contributed by atoms with Crippen LogP contribution in [0.4, 0.5) is 0 Å². The minimum absolute atomic E-state index is 0.901. The van der Waals surface area contributed by atoms with E-state index >= 15 is 0 Å². The summed E-state index contributed by atoms with van der Waals surface area (Å²) in [4.78, 5) is 21.5. The van der Waals surface area contributed by atoms with Gasteiger partial charge in [0, 0.05) is 0 Å². The number of carbonyl (C=O) groups is 2. The Hall–Kier alpha value is -1.14. The topological polar surface area (TPSA) is 110 Å². The molecular weight excluding hydrogens is 190 g/mol. The fraction of sp³-hybridized carbons (Fsp3) is 0.750. The van der Waals surface area contributed by atoms with Crippen LogP contribution in [0.15, 0.2) is 0 Å². The SMILES string of the molecule is C[C@@H](OC(=O)C(C)(C)O)[C@H](N)C(=O)O. The van der Waals surface area contributed by atoms with Gasteiger partial charge in [-0.2, -0.15) is 0 Å². The number of nitrogens with two attached hydrogens (primary N) is 1. The monoisotopic (exact) mass is 205 g/mol. The number of carboxylic acids is 1. The Bertz CT molecular complexity index is 232. The van der Waals surface area contributed by atoms with Crippen molar-refractivity contribution in [2.45, 2.75) is 38.5 Å². The lowest BCUT2D eigenvalue weighted by Crippen LogP contribution is -2.45. The van der Waals surface area contributed by atoms with Crippen molar-refractivity contribution in [2.24, 2.45) is 5.73 Å². The molecule has 0 aliphatic carbocycles. The summed E-state index contributed by atoms with van der Waals surface area (Å²) in [6, 6.07) is -1.29. The number of hydrogen-bond donors (Lipinski definition) is 3. The van der Waals surface area contributed by atoms with Crippen LogP contribution in [0.2, 0.25) is 0 Å². The molecule has 4 N–H and O–H groups in total. The maximum atomic E-state index is 11.1. The first-order chi connectivity index (χ1) is 6.16. The van der Waals surface area contributed by atoms with Gasteiger partial charge in [-0.3, -0.25) is 4.79 Å². The number of esters is 1. The lowest BCUT2D eigenvalue weighted by molar-refractivity contribution is -0.169. The molecule has 2 atom stereocenters. The van der Waals surface area contributed by atoms with Crippen molar-refractivity contribution in [3.8, 4) is 0 Å². The molecule has 0 aliphatic rings. The summed E-state index contributed by atoms with van der Waals surface area (Å²) in [6.45, 7) is 3.84. The highest BCUT2D eigenvalue weighted by molar-refractivity contribution is 5.79. The van der Waals surface area contributed by atoms with Crippen LogP contribution in [0.5, 0.6) is 0 Å². The molecule has 0 saturated heterocycles. The van der Waals surface area contributed by atoms with E-state index in [9.17, 15) is 14.7 Å². The van der Waals surface area contributed by atoms with Gasteiger partial charge in [0.2, 0.25) is 0 Å². The van der Waals surface area contributed by atoms with Crippen LogP contribution in [-0.2, 0) is 14.3 Å². The van der Waals surface area contributed by atoms with Gasteiger partial charge in [-0.25, -0.2) is 4.79 Å². The number of aliphatic carboxylic acids is 1. The Labute approximate surface area is 81.7 Å². The molecule has 0 bridgehead atoms. The van der Waals surface area contributed by atoms with Crippen molar-refractivity contribution in [3.63, 3.8) is 0 Å². The smallest absolute Gasteiger partial charge is 0.337 e. The van der Waals surface area contributed by atoms with Gasteiger partial charge >= 0.3 is 11.9 Å². The van der Waals surface area contributed by atoms with Crippen LogP contribution >= 0.6 is 0 Å². The zero-order valence-corrected chi connectivity index (χ0v) is 8.35. The molecule has 6 heteroatoms. The molecule has 0 spiro atoms. The van der Waals surface area contributed by atoms with Crippen LogP contribution in [0.1, 0.15) is 20.8 Å². The summed E-state index contributed by atoms with van der Waals surface area (Å²) in [6.07, 6.45) is -0.980. The number of aliphatic hydroxyl groups is 1. The van der Waals surface area contributed by atoms with Gasteiger partial charge in [0.1, 0.15) is 12.1 Å². The number of hydrogen-bond acceptors (Lipinski definition) is 5. The fourth-order valence-corrected chi connectivity index (χ4v) is 0.587. The molecule has 0 heterocycles. The molecule has 0 aromatic rings. The first-order valence-corrected chi connectivity index (χ1v) is 4.08. The normalized spacial score (nSPS) is 15.8. The maximum absolute atomic E-state index is 11.1. The van der Waals surface area contributed by atoms with Gasteiger partial charge < -0.3 is 20.7 Å². The average molecular weight is 205 g/mol. The van der Waals surface area contributed by atoms with Gasteiger partial charge in [-0.05, 0) is 20.8 Å². The molecule has 0 aromatic carbocycles. The Balaban J connectivity index is 4.27. The molecule has 14 heavy (non-hydrogen) atoms. The Kier molecular flexibility index (Phi) is 4.03. The van der Waals surface area contributed by atoms with Gasteiger partial charge in [0.25, 0.3) is 0 Å². The average Bonchev–Trinajstić information content (AvgIpc) is 2.00. The molecule has 6 nitrogen and oxygen atoms in total. The van der Waals surface area contributed by atoms with Gasteiger partial charge in [-0.1, -0.05) is 0 Å². The zero-order valence-electron chi connectivity index (χ0n) is 8.35. The molecule has 0 aliphatic heterocycles. The summed E-state index contributed by atoms with van der Waals surface area (Å²) in [5, 5.41) is 17.7. The third kappa shape index (κ3) is 3.71. The van der Waals surface area contributed by atoms with E-state index in [4.69, 9.17) is 10.8 Å². The number of rotatable bonds is 4. The van der Waals surface area contributed by atoms with Crippen molar-refractivity contribution in [1.29, 1.82) is 0 Å². The third-order valence-electron chi connectivity index (χ3n) is 1.58. The summed E-state index contributed by atoms with van der Waals surface area (Å²) in [7, 11) is 0. The van der Waals surface area contributed by atoms with Crippen LogP contribution < -0.4 is 5.73 Å². The molecule has 0 radical (unpaired) electrons. The Morgan fingerprint density at radius 2 is 1.86 bits per heavy atom. The van der Waals surface area contributed by atoms with Crippen molar-refractivity contribution in [3.05, 3.63) is 0 Å². The van der Waals surface area contributed by atoms with Crippen molar-refractivity contribution >= 4 is 11.9 Å². The first kappa shape index (κ1) is 12.9. The van der Waals surface area contributed by atoms with Crippen molar-refractivity contribution in [2.75, 3.05) is 0 Å². The van der Waals surface area contributed by atoms with Crippen LogP contribution in [0.25, 0.3) is 0 Å². The predicted octanol–water partition coefficient (Wildman–Crippen LogP) is -0.899. The molecule has 82 valence electrons. The maximum Gasteiger partial charge on any atom is 0.337 e. The number of carbonyl (C=O) groups excluding carboxylic acids is 1. The first-order valence-electron chi connectivity index (χ1n) is 4.08. The van der Waals surface area contributed by atoms with Crippen LogP contribution in [0.3, 0.4) is 0 Å². The molecule has 0 rings (SSSR count). The standard InChI is InChI=1S/C8H15NO5/c1-4(5(9)6(10)11)14-7(12)8(2,3)13/h4-5,13H,9H2,1-3H3,(H,10,11)/t4-,5+/m1/s1. The molecular formula is C8H15NO5. The van der Waals surface area contributed by atoms with Crippen LogP contribution in [-0.4, -0.2) is 39.9 Å². The van der Waals surface area contributed by atoms with Crippen LogP contribution in [0, 0.1) is 0 Å². The molecule has 0 fully saturated rings. The van der Waals surface area contributed by atoms with Gasteiger partial charge in [0.15, 0.2) is 5.60 Å². The summed E-state index contributed by atoms with van der Waals surface area (Å²) in [5.41, 5.74) is 3.55. The summed E-state index contributed by atoms with van der Waals surface area (Å²) in [5.74, 6) is -2.16. The van der Waals surface area contributed by atoms with E-state index in [0.717, 1.165) is 0 Å². The van der Waals surface area contributed by atoms with E-state index in [1.165, 1.54) is 20.8 Å². The van der Waals surface area contributed by atoms with Crippen molar-refractivity contribution in [1.82, 2.24) is 0 Å². The minimum atomic E-state index is -1.65. The van der Waals surface area contributed by atoms with E-state index in [1.54, 1.807) is 0 Å². The van der Waals surface area contributed by atoms with E-state index < -0.39 is 29.7 Å². The van der Waals surface area contributed by atoms with Gasteiger partial charge in [0.05, 0.1) is 0 Å². The van der Waals surface area contributed by atoms with E-state index in [-0.39, 0.29) is 0 Å². The lowest BCUT2D eigenvalue weighted by Gasteiger charge is -2.21. The second-order valence-electron chi connectivity index (χ2n) is 3.53. The summed E-state index contributed by atoms with van der Waals surface area (Å²) < 4.78 is 4.64. The van der Waals surface area contributed by atoms with Crippen molar-refractivity contribution < 1.29 is 24.5 Å². The minimum Gasteiger partial charge on any atom is -0.480 e. The molecule has 0 unspecified atom stereocenters. The highest BCUT2D eigenvalue weighted by atomic mass is 16.6. The lowest BCUT2D eigenvalue weighted by atomic mass is 10.1. The Morgan fingerprint density at radius 1 is 1.43 bits per heavy atom. The van der Waals surface area contributed by atoms with Gasteiger partial charge in [-0.15, -0.1) is 0 Å². The number of ether oxygens (including phenoxy) is 1. The Morgan fingerprint density at radius 3 is 2.14 bits per heavy atom. The highest BCUT2D eigenvalue weighted by Crippen LogP contribution is 2.07. The van der Waals surface area contributed by atoms with E-state index in [2.05, 4.69) is 4.74 Å². The second kappa shape index (κ2) is 4.39. The zero-order chi connectivity index (χ0) is 11.5. The fourth-order valence-electron chi connectivity index (χ4n) is 0.587. The number of carboxylic acid groups (broad SMARTS) is 1. The van der Waals surface area contributed by atoms with E-state index in [1.807, 2.05) is 0 Å². The third-order valence-corrected chi connectivity index (χ3v) is 1.58. The largest absolute Gasteiger partial charge is 0.480 e. The summed E-state index contributed by atoms with van der Waals surface area (Å²) >= 11 is 0. The predicted molar refractivity (Wildman–Crippen MR) is 47.5 cm³/mol. The highest BCUT2D eigenvalue weighted by Gasteiger charge is 2.30. The van der Waals surface area contributed by atoms with E-state index in [0.29, 0.717) is 0 Å². The molecule has 0 aromatic heterocycles. The molecule has 0 amide bonds. The second-order valence-corrected chi connectivity index (χ2v) is 3.53. The molecule has 0 saturated carbocycles.